The summed E-state index contributed by atoms with van der Waals surface area (Å²) in [5.74, 6) is 1.42. The van der Waals surface area contributed by atoms with E-state index in [1.165, 1.54) is 19.3 Å². The molecule has 1 aromatic carbocycles. The number of hydrogen-bond donors (Lipinski definition) is 1. The summed E-state index contributed by atoms with van der Waals surface area (Å²) in [5.41, 5.74) is -0.0544. The van der Waals surface area contributed by atoms with Gasteiger partial charge in [-0.2, -0.15) is 0 Å². The lowest BCUT2D eigenvalue weighted by molar-refractivity contribution is -0.144. The zero-order valence-electron chi connectivity index (χ0n) is 23.4. The molecule has 2 aliphatic rings. The Balaban J connectivity index is 1.75. The van der Waals surface area contributed by atoms with E-state index >= 15 is 0 Å². The summed E-state index contributed by atoms with van der Waals surface area (Å²) in [4.78, 5) is 41.7. The molecule has 2 fully saturated rings. The van der Waals surface area contributed by atoms with Gasteiger partial charge in [-0.1, -0.05) is 38.3 Å². The van der Waals surface area contributed by atoms with Crippen LogP contribution in [0.4, 0.5) is 4.79 Å². The van der Waals surface area contributed by atoms with E-state index in [0.29, 0.717) is 50.5 Å². The van der Waals surface area contributed by atoms with Gasteiger partial charge >= 0.3 is 6.09 Å². The molecule has 1 aromatic rings. The predicted octanol–water partition coefficient (Wildman–Crippen LogP) is 5.69. The average molecular weight is 515 g/mol. The van der Waals surface area contributed by atoms with E-state index in [1.54, 1.807) is 27.9 Å². The molecule has 1 saturated heterocycles. The number of ketones is 1. The van der Waals surface area contributed by atoms with Crippen molar-refractivity contribution in [1.29, 1.82) is 0 Å². The van der Waals surface area contributed by atoms with Gasteiger partial charge in [-0.05, 0) is 76.5 Å². The van der Waals surface area contributed by atoms with Crippen molar-refractivity contribution in [3.8, 4) is 5.75 Å². The molecule has 1 N–H and O–H groups in total. The second kappa shape index (κ2) is 12.8. The molecule has 0 aromatic heterocycles. The van der Waals surface area contributed by atoms with E-state index in [2.05, 4.69) is 12.2 Å². The number of benzene rings is 1. The maximum Gasteiger partial charge on any atom is 0.408 e. The Morgan fingerprint density at radius 3 is 2.22 bits per heavy atom. The molecule has 1 aliphatic heterocycles. The van der Waals surface area contributed by atoms with Gasteiger partial charge in [-0.15, -0.1) is 0 Å². The van der Waals surface area contributed by atoms with Crippen LogP contribution in [-0.4, -0.2) is 54.5 Å². The number of carbonyl (C=O) groups excluding carboxylic acids is 3. The summed E-state index contributed by atoms with van der Waals surface area (Å²) < 4.78 is 10.7. The minimum absolute atomic E-state index is 0.123. The first-order valence-electron chi connectivity index (χ1n) is 14.0. The number of alkyl carbamates (subject to hydrolysis) is 1. The van der Waals surface area contributed by atoms with E-state index in [9.17, 15) is 14.4 Å². The Kier molecular flexibility index (Phi) is 10.0. The minimum atomic E-state index is -0.753. The van der Waals surface area contributed by atoms with Crippen LogP contribution < -0.4 is 10.1 Å². The van der Waals surface area contributed by atoms with Crippen LogP contribution in [0.2, 0.25) is 0 Å². The molecule has 206 valence electrons. The maximum absolute atomic E-state index is 13.8. The third-order valence-corrected chi connectivity index (χ3v) is 7.97. The molecule has 1 saturated carbocycles. The van der Waals surface area contributed by atoms with Crippen molar-refractivity contribution in [3.05, 3.63) is 29.8 Å². The number of nitrogens with one attached hydrogen (secondary N) is 1. The van der Waals surface area contributed by atoms with Crippen molar-refractivity contribution in [1.82, 2.24) is 10.2 Å². The number of rotatable bonds is 9. The molecule has 0 radical (unpaired) electrons. The van der Waals surface area contributed by atoms with Crippen molar-refractivity contribution in [2.75, 3.05) is 20.2 Å². The van der Waals surface area contributed by atoms with E-state index in [0.717, 1.165) is 30.6 Å². The van der Waals surface area contributed by atoms with E-state index in [1.807, 2.05) is 29.2 Å². The molecule has 0 bridgehead atoms. The van der Waals surface area contributed by atoms with Crippen LogP contribution in [0, 0.1) is 11.3 Å². The number of carbonyl (C=O) groups is 3. The topological polar surface area (TPSA) is 84.9 Å². The van der Waals surface area contributed by atoms with Crippen LogP contribution in [-0.2, 0) is 20.7 Å². The van der Waals surface area contributed by atoms with Crippen LogP contribution in [0.3, 0.4) is 0 Å². The van der Waals surface area contributed by atoms with E-state index in [-0.39, 0.29) is 11.3 Å². The molecular formula is C30H46N2O5. The van der Waals surface area contributed by atoms with Gasteiger partial charge in [0.1, 0.15) is 23.2 Å². The van der Waals surface area contributed by atoms with E-state index < -0.39 is 17.7 Å². The third kappa shape index (κ3) is 7.71. The van der Waals surface area contributed by atoms with Crippen LogP contribution in [0.15, 0.2) is 24.3 Å². The van der Waals surface area contributed by atoms with Gasteiger partial charge in [0.05, 0.1) is 7.11 Å². The first kappa shape index (κ1) is 29.0. The first-order valence-corrected chi connectivity index (χ1v) is 14.0. The zero-order chi connectivity index (χ0) is 27.1. The van der Waals surface area contributed by atoms with Crippen molar-refractivity contribution in [2.45, 2.75) is 104 Å². The maximum atomic E-state index is 13.8. The predicted molar refractivity (Wildman–Crippen MR) is 145 cm³/mol. The molecule has 37 heavy (non-hydrogen) atoms. The molecule has 2 amide bonds. The highest BCUT2D eigenvalue weighted by molar-refractivity contribution is 5.88. The molecular weight excluding hydrogens is 468 g/mol. The molecule has 0 spiro atoms. The Labute approximate surface area is 222 Å². The van der Waals surface area contributed by atoms with Crippen LogP contribution in [0.1, 0.15) is 91.0 Å². The van der Waals surface area contributed by atoms with Gasteiger partial charge in [0.25, 0.3) is 0 Å². The number of piperidine rings is 1. The molecule has 1 atom stereocenters. The normalized spacial score (nSPS) is 19.1. The zero-order valence-corrected chi connectivity index (χ0v) is 23.4. The number of ether oxygens (including phenoxy) is 2. The van der Waals surface area contributed by atoms with Crippen LogP contribution >= 0.6 is 0 Å². The second-order valence-corrected chi connectivity index (χ2v) is 11.7. The van der Waals surface area contributed by atoms with Crippen molar-refractivity contribution in [3.63, 3.8) is 0 Å². The van der Waals surface area contributed by atoms with E-state index in [4.69, 9.17) is 9.47 Å². The number of hydrogen-bond acceptors (Lipinski definition) is 5. The summed E-state index contributed by atoms with van der Waals surface area (Å²) in [7, 11) is 1.61. The molecule has 7 nitrogen and oxygen atoms in total. The fourth-order valence-corrected chi connectivity index (χ4v) is 6.04. The molecule has 3 rings (SSSR count). The van der Waals surface area contributed by atoms with Gasteiger partial charge in [-0.3, -0.25) is 9.59 Å². The van der Waals surface area contributed by atoms with Gasteiger partial charge < -0.3 is 19.7 Å². The fourth-order valence-electron chi connectivity index (χ4n) is 6.04. The summed E-state index contributed by atoms with van der Waals surface area (Å²) >= 11 is 0. The number of likely N-dealkylation sites (tertiary alicyclic amines) is 1. The highest BCUT2D eigenvalue weighted by Crippen LogP contribution is 2.47. The van der Waals surface area contributed by atoms with Gasteiger partial charge in [0.2, 0.25) is 5.91 Å². The highest BCUT2D eigenvalue weighted by Gasteiger charge is 2.47. The Morgan fingerprint density at radius 1 is 1.05 bits per heavy atom. The highest BCUT2D eigenvalue weighted by atomic mass is 16.6. The van der Waals surface area contributed by atoms with Crippen molar-refractivity contribution >= 4 is 17.8 Å². The number of nitrogens with zero attached hydrogens (tertiary/aromatic N) is 1. The lowest BCUT2D eigenvalue weighted by Crippen LogP contribution is -2.55. The summed E-state index contributed by atoms with van der Waals surface area (Å²) in [6, 6.07) is 6.76. The van der Waals surface area contributed by atoms with Crippen LogP contribution in [0.25, 0.3) is 0 Å². The van der Waals surface area contributed by atoms with Crippen molar-refractivity contribution < 1.29 is 23.9 Å². The molecule has 1 aliphatic carbocycles. The number of Topliss-reactive ketones (excluding diaryl/α,β-unsaturated/α-hetero) is 1. The van der Waals surface area contributed by atoms with Gasteiger partial charge in [0, 0.05) is 31.3 Å². The quantitative estimate of drug-likeness (QED) is 0.458. The van der Waals surface area contributed by atoms with Gasteiger partial charge in [-0.25, -0.2) is 4.79 Å². The SMILES string of the molecule is CCCC(=O)C1(C2CCCCC2)CCN(C(=O)[C@@H](Cc2ccc(OC)cc2)NC(=O)OC(C)(C)C)CC1. The average Bonchev–Trinajstić information content (AvgIpc) is 2.88. The lowest BCUT2D eigenvalue weighted by atomic mass is 9.61. The Hall–Kier alpha value is -2.57. The van der Waals surface area contributed by atoms with Crippen molar-refractivity contribution in [2.24, 2.45) is 11.3 Å². The lowest BCUT2D eigenvalue weighted by Gasteiger charge is -2.47. The standard InChI is InChI=1S/C30H46N2O5/c1-6-10-26(33)30(23-11-8-7-9-12-23)17-19-32(20-18-30)27(34)25(31-28(35)37-29(2,3)4)21-22-13-15-24(36-5)16-14-22/h13-16,23,25H,6-12,17-21H2,1-5H3,(H,31,35)/t25-/m1/s1. The molecule has 1 heterocycles. The number of methoxy groups -OCH3 is 1. The largest absolute Gasteiger partial charge is 0.497 e. The minimum Gasteiger partial charge on any atom is -0.497 e. The second-order valence-electron chi connectivity index (χ2n) is 11.7. The molecule has 0 unspecified atom stereocenters. The summed E-state index contributed by atoms with van der Waals surface area (Å²) in [6.45, 7) is 8.55. The van der Waals surface area contributed by atoms with Gasteiger partial charge in [0.15, 0.2) is 0 Å². The fraction of sp³-hybridized carbons (Fsp3) is 0.700. The summed E-state index contributed by atoms with van der Waals surface area (Å²) in [5, 5.41) is 2.82. The Bertz CT molecular complexity index is 907. The monoisotopic (exact) mass is 514 g/mol. The molecule has 7 heteroatoms. The number of amides is 2. The summed E-state index contributed by atoms with van der Waals surface area (Å²) in [6.07, 6.45) is 8.51. The third-order valence-electron chi connectivity index (χ3n) is 7.97. The first-order chi connectivity index (χ1) is 17.6. The Morgan fingerprint density at radius 2 is 1.68 bits per heavy atom. The van der Waals surface area contributed by atoms with Crippen LogP contribution in [0.5, 0.6) is 5.75 Å². The smallest absolute Gasteiger partial charge is 0.408 e.